The van der Waals surface area contributed by atoms with Gasteiger partial charge in [-0.2, -0.15) is 18.4 Å². The van der Waals surface area contributed by atoms with Crippen molar-refractivity contribution in [3.8, 4) is 28.8 Å². The Morgan fingerprint density at radius 2 is 1.74 bits per heavy atom. The molecule has 34 heavy (non-hydrogen) atoms. The van der Waals surface area contributed by atoms with Gasteiger partial charge in [-0.3, -0.25) is 4.79 Å². The molecule has 9 heteroatoms. The van der Waals surface area contributed by atoms with Crippen LogP contribution in [0, 0.1) is 11.3 Å². The molecule has 3 aromatic rings. The van der Waals surface area contributed by atoms with Gasteiger partial charge in [-0.05, 0) is 60.7 Å². The van der Waals surface area contributed by atoms with Gasteiger partial charge in [-0.25, -0.2) is 0 Å². The number of hydrogen-bond acceptors (Lipinski definition) is 5. The van der Waals surface area contributed by atoms with E-state index in [9.17, 15) is 23.2 Å². The summed E-state index contributed by atoms with van der Waals surface area (Å²) in [6.45, 7) is 3.56. The van der Waals surface area contributed by atoms with Crippen LogP contribution >= 0.6 is 11.8 Å². The van der Waals surface area contributed by atoms with Crippen molar-refractivity contribution >= 4 is 11.8 Å². The van der Waals surface area contributed by atoms with E-state index in [2.05, 4.69) is 0 Å². The van der Waals surface area contributed by atoms with Crippen molar-refractivity contribution in [3.63, 3.8) is 0 Å². The normalized spacial score (nSPS) is 12.1. The van der Waals surface area contributed by atoms with Gasteiger partial charge in [0.1, 0.15) is 23.1 Å². The van der Waals surface area contributed by atoms with Gasteiger partial charge in [0.2, 0.25) is 0 Å². The minimum atomic E-state index is -4.87. The Morgan fingerprint density at radius 3 is 2.29 bits per heavy atom. The molecule has 1 heterocycles. The number of benzene rings is 2. The van der Waals surface area contributed by atoms with Crippen molar-refractivity contribution in [2.75, 3.05) is 5.75 Å². The van der Waals surface area contributed by atoms with Gasteiger partial charge in [-0.15, -0.1) is 11.8 Å². The molecule has 0 aliphatic heterocycles. The van der Waals surface area contributed by atoms with E-state index in [4.69, 9.17) is 10.5 Å². The third kappa shape index (κ3) is 5.64. The van der Waals surface area contributed by atoms with Crippen LogP contribution in [0.3, 0.4) is 0 Å². The molecule has 0 fully saturated rings. The molecule has 0 saturated carbocycles. The smallest absolute Gasteiger partial charge is 0.417 e. The van der Waals surface area contributed by atoms with Crippen LogP contribution in [0.15, 0.2) is 76.1 Å². The number of ether oxygens (including phenoxy) is 1. The summed E-state index contributed by atoms with van der Waals surface area (Å²) in [6, 6.07) is 17.6. The summed E-state index contributed by atoms with van der Waals surface area (Å²) in [6.07, 6.45) is -4.87. The first-order valence-electron chi connectivity index (χ1n) is 10.3. The summed E-state index contributed by atoms with van der Waals surface area (Å²) in [5.41, 5.74) is 3.54. The fourth-order valence-corrected chi connectivity index (χ4v) is 3.97. The fraction of sp³-hybridized carbons (Fsp3) is 0.200. The Kier molecular flexibility index (Phi) is 7.74. The van der Waals surface area contributed by atoms with Gasteiger partial charge >= 0.3 is 6.18 Å². The van der Waals surface area contributed by atoms with Crippen molar-refractivity contribution in [2.45, 2.75) is 26.6 Å². The number of halogens is 3. The van der Waals surface area contributed by atoms with E-state index >= 15 is 0 Å². The monoisotopic (exact) mass is 485 g/mol. The maximum Gasteiger partial charge on any atom is 0.417 e. The zero-order valence-electron chi connectivity index (χ0n) is 18.5. The highest BCUT2D eigenvalue weighted by atomic mass is 32.2. The predicted octanol–water partition coefficient (Wildman–Crippen LogP) is 6.14. The lowest BCUT2D eigenvalue weighted by Gasteiger charge is -2.19. The number of para-hydroxylation sites is 1. The number of thioether (sulfide) groups is 1. The maximum absolute atomic E-state index is 13.7. The van der Waals surface area contributed by atoms with Crippen molar-refractivity contribution in [3.05, 3.63) is 92.7 Å². The molecular formula is C25H22F3N3O2S. The third-order valence-corrected chi connectivity index (χ3v) is 5.97. The van der Waals surface area contributed by atoms with E-state index in [1.165, 1.54) is 17.8 Å². The molecule has 0 bridgehead atoms. The van der Waals surface area contributed by atoms with Crippen molar-refractivity contribution in [1.82, 2.24) is 4.57 Å². The minimum Gasteiger partial charge on any atom is -0.457 e. The van der Waals surface area contributed by atoms with Gasteiger partial charge in [0.25, 0.3) is 5.56 Å². The fourth-order valence-electron chi connectivity index (χ4n) is 3.28. The first-order valence-corrected chi connectivity index (χ1v) is 11.3. The molecule has 0 amide bonds. The SMILES string of the molecule is CCS/C(C)=C(\N)Cn1c(-c2ccc(Oc3ccccc3)cc2)cc(C(F)(F)F)c(C#N)c1=O. The summed E-state index contributed by atoms with van der Waals surface area (Å²) < 4.78 is 47.9. The summed E-state index contributed by atoms with van der Waals surface area (Å²) in [5.74, 6) is 1.82. The van der Waals surface area contributed by atoms with Crippen LogP contribution in [0.5, 0.6) is 11.5 Å². The molecule has 0 atom stereocenters. The number of pyridine rings is 1. The van der Waals surface area contributed by atoms with Crippen LogP contribution in [0.2, 0.25) is 0 Å². The van der Waals surface area contributed by atoms with E-state index in [1.807, 2.05) is 25.1 Å². The van der Waals surface area contributed by atoms with Gasteiger partial charge in [0, 0.05) is 10.6 Å². The Hall–Kier alpha value is -3.64. The number of aromatic nitrogens is 1. The highest BCUT2D eigenvalue weighted by molar-refractivity contribution is 8.03. The number of nitriles is 1. The molecule has 5 nitrogen and oxygen atoms in total. The second kappa shape index (κ2) is 10.5. The Bertz CT molecular complexity index is 1290. The summed E-state index contributed by atoms with van der Waals surface area (Å²) in [5, 5.41) is 9.33. The Balaban J connectivity index is 2.14. The zero-order valence-corrected chi connectivity index (χ0v) is 19.3. The molecule has 176 valence electrons. The van der Waals surface area contributed by atoms with Gasteiger partial charge in [0.05, 0.1) is 17.8 Å². The van der Waals surface area contributed by atoms with E-state index < -0.39 is 22.9 Å². The zero-order chi connectivity index (χ0) is 24.9. The van der Waals surface area contributed by atoms with Gasteiger partial charge < -0.3 is 15.0 Å². The van der Waals surface area contributed by atoms with E-state index in [1.54, 1.807) is 43.3 Å². The average molecular weight is 486 g/mol. The molecule has 1 aromatic heterocycles. The van der Waals surface area contributed by atoms with Crippen LogP contribution < -0.4 is 16.0 Å². The molecule has 0 radical (unpaired) electrons. The first-order chi connectivity index (χ1) is 16.2. The topological polar surface area (TPSA) is 81.0 Å². The van der Waals surface area contributed by atoms with E-state index in [0.29, 0.717) is 22.8 Å². The Labute approximate surface area is 199 Å². The van der Waals surface area contributed by atoms with Gasteiger partial charge in [-0.1, -0.05) is 25.1 Å². The Morgan fingerprint density at radius 1 is 1.12 bits per heavy atom. The number of alkyl halides is 3. The number of hydrogen-bond donors (Lipinski definition) is 1. The molecule has 0 saturated heterocycles. The van der Waals surface area contributed by atoms with Crippen molar-refractivity contribution in [2.24, 2.45) is 5.73 Å². The van der Waals surface area contributed by atoms with Crippen LogP contribution in [-0.4, -0.2) is 10.3 Å². The average Bonchev–Trinajstić information content (AvgIpc) is 2.80. The van der Waals surface area contributed by atoms with Crippen molar-refractivity contribution in [1.29, 1.82) is 5.26 Å². The van der Waals surface area contributed by atoms with E-state index in [0.717, 1.165) is 21.3 Å². The molecule has 0 spiro atoms. The minimum absolute atomic E-state index is 0.000153. The second-order valence-electron chi connectivity index (χ2n) is 7.27. The number of rotatable bonds is 7. The lowest BCUT2D eigenvalue weighted by molar-refractivity contribution is -0.137. The lowest BCUT2D eigenvalue weighted by Crippen LogP contribution is -2.30. The number of nitrogens with two attached hydrogens (primary N) is 1. The molecule has 3 rings (SSSR count). The number of allylic oxidation sites excluding steroid dienone is 2. The van der Waals surface area contributed by atoms with Crippen LogP contribution in [0.25, 0.3) is 11.3 Å². The van der Waals surface area contributed by atoms with Crippen LogP contribution in [0.4, 0.5) is 13.2 Å². The maximum atomic E-state index is 13.7. The molecule has 0 aliphatic rings. The van der Waals surface area contributed by atoms with Gasteiger partial charge in [0.15, 0.2) is 0 Å². The molecule has 0 unspecified atom stereocenters. The van der Waals surface area contributed by atoms with Crippen LogP contribution in [-0.2, 0) is 12.7 Å². The predicted molar refractivity (Wildman–Crippen MR) is 127 cm³/mol. The lowest BCUT2D eigenvalue weighted by atomic mass is 10.0. The second-order valence-corrected chi connectivity index (χ2v) is 8.75. The van der Waals surface area contributed by atoms with Crippen LogP contribution in [0.1, 0.15) is 25.0 Å². The molecule has 2 aromatic carbocycles. The first kappa shape index (κ1) is 25.0. The third-order valence-electron chi connectivity index (χ3n) is 4.99. The quantitative estimate of drug-likeness (QED) is 0.435. The molecule has 0 aliphatic carbocycles. The summed E-state index contributed by atoms with van der Waals surface area (Å²) >= 11 is 1.46. The van der Waals surface area contributed by atoms with E-state index in [-0.39, 0.29) is 12.2 Å². The molecule has 2 N–H and O–H groups in total. The highest BCUT2D eigenvalue weighted by Crippen LogP contribution is 2.34. The summed E-state index contributed by atoms with van der Waals surface area (Å²) in [7, 11) is 0. The number of nitrogens with zero attached hydrogens (tertiary/aromatic N) is 2. The van der Waals surface area contributed by atoms with Crippen molar-refractivity contribution < 1.29 is 17.9 Å². The highest BCUT2D eigenvalue weighted by Gasteiger charge is 2.36. The standard InChI is InChI=1S/C25H22F3N3O2S/c1-3-34-16(2)22(30)15-31-23(13-21(25(26,27)28)20(14-29)24(31)32)17-9-11-19(12-10-17)33-18-7-5-4-6-8-18/h4-13H,3,15,30H2,1-2H3/b22-16-. The molecular weight excluding hydrogens is 463 g/mol. The largest absolute Gasteiger partial charge is 0.457 e. The summed E-state index contributed by atoms with van der Waals surface area (Å²) in [4.78, 5) is 13.8.